The molecule has 1 unspecified atom stereocenters. The van der Waals surface area contributed by atoms with Crippen molar-refractivity contribution in [2.24, 2.45) is 13.0 Å². The van der Waals surface area contributed by atoms with Gasteiger partial charge in [0.1, 0.15) is 22.9 Å². The Kier molecular flexibility index (Phi) is 6.09. The molecule has 4 aromatic rings. The Morgan fingerprint density at radius 3 is 2.79 bits per heavy atom. The van der Waals surface area contributed by atoms with E-state index in [1.54, 1.807) is 55.6 Å². The number of pyridine rings is 1. The summed E-state index contributed by atoms with van der Waals surface area (Å²) in [6, 6.07) is 5.09. The van der Waals surface area contributed by atoms with E-state index in [2.05, 4.69) is 31.1 Å². The maximum absolute atomic E-state index is 13.0. The van der Waals surface area contributed by atoms with E-state index >= 15 is 0 Å². The first-order valence-electron chi connectivity index (χ1n) is 10.3. The standard InChI is InChI=1S/C21H25N9O3/c1-13(12-31)8-23-20(32)15-10-25-30-18(22-2)7-17(27-19(15)30)26-16-5-4-6-29(21(16)33)14-9-24-28(3)11-14/h4-7,9-11,13,22,31H,8,12H2,1-3H3,(H,23,32)(H,26,27). The van der Waals surface area contributed by atoms with E-state index in [-0.39, 0.29) is 29.6 Å². The lowest BCUT2D eigenvalue weighted by atomic mass is 10.2. The van der Waals surface area contributed by atoms with Crippen LogP contribution in [0.5, 0.6) is 0 Å². The zero-order chi connectivity index (χ0) is 23.5. The molecule has 0 fully saturated rings. The molecule has 4 aromatic heterocycles. The fourth-order valence-electron chi connectivity index (χ4n) is 3.26. The number of carbonyl (C=O) groups is 1. The Bertz CT molecular complexity index is 1350. The van der Waals surface area contributed by atoms with E-state index in [1.165, 1.54) is 15.3 Å². The highest BCUT2D eigenvalue weighted by atomic mass is 16.3. The van der Waals surface area contributed by atoms with Crippen molar-refractivity contribution in [2.45, 2.75) is 6.92 Å². The van der Waals surface area contributed by atoms with Gasteiger partial charge in [-0.25, -0.2) is 4.98 Å². The smallest absolute Gasteiger partial charge is 0.278 e. The number of hydrogen-bond acceptors (Lipinski definition) is 8. The van der Waals surface area contributed by atoms with E-state index in [0.717, 1.165) is 0 Å². The van der Waals surface area contributed by atoms with Gasteiger partial charge in [-0.05, 0) is 18.1 Å². The van der Waals surface area contributed by atoms with Crippen LogP contribution in [0.1, 0.15) is 17.3 Å². The van der Waals surface area contributed by atoms with Crippen LogP contribution in [-0.2, 0) is 7.05 Å². The highest BCUT2D eigenvalue weighted by Gasteiger charge is 2.18. The Morgan fingerprint density at radius 2 is 2.09 bits per heavy atom. The number of aryl methyl sites for hydroxylation is 1. The summed E-state index contributed by atoms with van der Waals surface area (Å²) in [5.74, 6) is 0.518. The van der Waals surface area contributed by atoms with Gasteiger partial charge < -0.3 is 21.1 Å². The van der Waals surface area contributed by atoms with Crippen LogP contribution in [0.15, 0.2) is 47.8 Å². The number of fused-ring (bicyclic) bond motifs is 1. The maximum Gasteiger partial charge on any atom is 0.278 e. The van der Waals surface area contributed by atoms with Gasteiger partial charge in [0, 0.05) is 45.7 Å². The summed E-state index contributed by atoms with van der Waals surface area (Å²) in [6.07, 6.45) is 6.43. The van der Waals surface area contributed by atoms with Crippen molar-refractivity contribution in [1.29, 1.82) is 0 Å². The first-order chi connectivity index (χ1) is 15.9. The van der Waals surface area contributed by atoms with Crippen LogP contribution >= 0.6 is 0 Å². The third kappa shape index (κ3) is 4.41. The van der Waals surface area contributed by atoms with Crippen molar-refractivity contribution in [2.75, 3.05) is 30.8 Å². The summed E-state index contributed by atoms with van der Waals surface area (Å²) in [5.41, 5.74) is 1.27. The molecule has 4 heterocycles. The molecule has 12 nitrogen and oxygen atoms in total. The summed E-state index contributed by atoms with van der Waals surface area (Å²) in [4.78, 5) is 30.2. The molecule has 0 aliphatic rings. The van der Waals surface area contributed by atoms with Gasteiger partial charge in [0.15, 0.2) is 5.65 Å². The summed E-state index contributed by atoms with van der Waals surface area (Å²) >= 11 is 0. The molecule has 0 radical (unpaired) electrons. The van der Waals surface area contributed by atoms with Crippen LogP contribution in [0.2, 0.25) is 0 Å². The average molecular weight is 451 g/mol. The number of nitrogens with one attached hydrogen (secondary N) is 3. The number of aliphatic hydroxyl groups excluding tert-OH is 1. The minimum absolute atomic E-state index is 0.0289. The van der Waals surface area contributed by atoms with Gasteiger partial charge in [-0.2, -0.15) is 14.7 Å². The van der Waals surface area contributed by atoms with Gasteiger partial charge in [-0.15, -0.1) is 0 Å². The van der Waals surface area contributed by atoms with E-state index in [0.29, 0.717) is 35.2 Å². The predicted molar refractivity (Wildman–Crippen MR) is 123 cm³/mol. The van der Waals surface area contributed by atoms with Crippen LogP contribution in [-0.4, -0.2) is 60.2 Å². The maximum atomic E-state index is 13.0. The number of aromatic nitrogens is 6. The number of nitrogens with zero attached hydrogens (tertiary/aromatic N) is 6. The average Bonchev–Trinajstić information content (AvgIpc) is 3.44. The lowest BCUT2D eigenvalue weighted by Gasteiger charge is -2.12. The van der Waals surface area contributed by atoms with E-state index < -0.39 is 0 Å². The Balaban J connectivity index is 1.69. The largest absolute Gasteiger partial charge is 0.396 e. The van der Waals surface area contributed by atoms with E-state index in [4.69, 9.17) is 0 Å². The minimum atomic E-state index is -0.351. The molecule has 4 N–H and O–H groups in total. The normalized spacial score (nSPS) is 12.0. The molecule has 1 atom stereocenters. The molecule has 0 aromatic carbocycles. The quantitative estimate of drug-likeness (QED) is 0.307. The second kappa shape index (κ2) is 9.12. The molecule has 12 heteroatoms. The van der Waals surface area contributed by atoms with Gasteiger partial charge in [-0.3, -0.25) is 18.8 Å². The number of hydrogen-bond donors (Lipinski definition) is 4. The lowest BCUT2D eigenvalue weighted by molar-refractivity contribution is 0.0943. The van der Waals surface area contributed by atoms with Crippen molar-refractivity contribution in [3.05, 3.63) is 58.9 Å². The van der Waals surface area contributed by atoms with Crippen LogP contribution < -0.4 is 21.5 Å². The van der Waals surface area contributed by atoms with Crippen molar-refractivity contribution >= 4 is 28.9 Å². The van der Waals surface area contributed by atoms with Crippen molar-refractivity contribution in [3.8, 4) is 5.69 Å². The SMILES string of the molecule is CNc1cc(Nc2cccn(-c3cnn(C)c3)c2=O)nc2c(C(=O)NCC(C)CO)cnn12. The lowest BCUT2D eigenvalue weighted by Crippen LogP contribution is -2.29. The molecule has 0 spiro atoms. The highest BCUT2D eigenvalue weighted by Crippen LogP contribution is 2.21. The first kappa shape index (κ1) is 22.0. The van der Waals surface area contributed by atoms with E-state index in [1.807, 2.05) is 6.92 Å². The van der Waals surface area contributed by atoms with Gasteiger partial charge in [0.25, 0.3) is 11.5 Å². The van der Waals surface area contributed by atoms with E-state index in [9.17, 15) is 14.7 Å². The fraction of sp³-hybridized carbons (Fsp3) is 0.286. The highest BCUT2D eigenvalue weighted by molar-refractivity contribution is 6.00. The zero-order valence-electron chi connectivity index (χ0n) is 18.5. The first-order valence-corrected chi connectivity index (χ1v) is 10.3. The fourth-order valence-corrected chi connectivity index (χ4v) is 3.26. The predicted octanol–water partition coefficient (Wildman–Crippen LogP) is 0.757. The molecular formula is C21H25N9O3. The summed E-state index contributed by atoms with van der Waals surface area (Å²) in [5, 5.41) is 26.4. The summed E-state index contributed by atoms with van der Waals surface area (Å²) in [6.45, 7) is 2.12. The molecule has 0 saturated heterocycles. The van der Waals surface area contributed by atoms with Crippen LogP contribution in [0.25, 0.3) is 11.3 Å². The molecule has 0 bridgehead atoms. The molecular weight excluding hydrogens is 426 g/mol. The minimum Gasteiger partial charge on any atom is -0.396 e. The van der Waals surface area contributed by atoms with Crippen LogP contribution in [0, 0.1) is 5.92 Å². The third-order valence-electron chi connectivity index (χ3n) is 5.07. The molecule has 4 rings (SSSR count). The molecule has 0 aliphatic carbocycles. The molecule has 172 valence electrons. The summed E-state index contributed by atoms with van der Waals surface area (Å²) in [7, 11) is 3.50. The van der Waals surface area contributed by atoms with Crippen LogP contribution in [0.3, 0.4) is 0 Å². The molecule has 0 saturated carbocycles. The number of rotatable bonds is 8. The van der Waals surface area contributed by atoms with Crippen molar-refractivity contribution < 1.29 is 9.90 Å². The van der Waals surface area contributed by atoms with Gasteiger partial charge in [0.2, 0.25) is 0 Å². The number of amides is 1. The Labute approximate surface area is 188 Å². The Morgan fingerprint density at radius 1 is 1.27 bits per heavy atom. The van der Waals surface area contributed by atoms with Gasteiger partial charge >= 0.3 is 0 Å². The van der Waals surface area contributed by atoms with Crippen molar-refractivity contribution in [3.63, 3.8) is 0 Å². The van der Waals surface area contributed by atoms with Crippen LogP contribution in [0.4, 0.5) is 17.3 Å². The third-order valence-corrected chi connectivity index (χ3v) is 5.07. The zero-order valence-corrected chi connectivity index (χ0v) is 18.5. The van der Waals surface area contributed by atoms with Gasteiger partial charge in [-0.1, -0.05) is 6.92 Å². The number of carbonyl (C=O) groups excluding carboxylic acids is 1. The van der Waals surface area contributed by atoms with Gasteiger partial charge in [0.05, 0.1) is 18.1 Å². The topological polar surface area (TPSA) is 143 Å². The monoisotopic (exact) mass is 451 g/mol. The second-order valence-electron chi connectivity index (χ2n) is 7.66. The number of aliphatic hydroxyl groups is 1. The molecule has 0 aliphatic heterocycles. The van der Waals surface area contributed by atoms with Crippen molar-refractivity contribution in [1.82, 2.24) is 34.3 Å². The number of anilines is 3. The Hall–Kier alpha value is -4.19. The molecule has 33 heavy (non-hydrogen) atoms. The second-order valence-corrected chi connectivity index (χ2v) is 7.66. The molecule has 1 amide bonds. The summed E-state index contributed by atoms with van der Waals surface area (Å²) < 4.78 is 4.60.